The second kappa shape index (κ2) is 12.7. The van der Waals surface area contributed by atoms with Gasteiger partial charge in [0.2, 0.25) is 4.96 Å². The summed E-state index contributed by atoms with van der Waals surface area (Å²) in [5.74, 6) is 2.01. The van der Waals surface area contributed by atoms with Crippen molar-refractivity contribution in [1.82, 2.24) is 24.4 Å². The van der Waals surface area contributed by atoms with Crippen LogP contribution in [0.25, 0.3) is 39.4 Å². The molecule has 0 fully saturated rings. The third-order valence-corrected chi connectivity index (χ3v) is 8.36. The van der Waals surface area contributed by atoms with Crippen LogP contribution in [-0.2, 0) is 6.61 Å². The number of aryl methyl sites for hydroxylation is 1. The molecule has 0 aliphatic carbocycles. The summed E-state index contributed by atoms with van der Waals surface area (Å²) in [5.41, 5.74) is 6.04. The van der Waals surface area contributed by atoms with E-state index in [1.807, 2.05) is 121 Å². The highest BCUT2D eigenvalue weighted by Gasteiger charge is 2.16. The van der Waals surface area contributed by atoms with E-state index in [4.69, 9.17) is 14.6 Å². The van der Waals surface area contributed by atoms with Gasteiger partial charge < -0.3 is 9.47 Å². The van der Waals surface area contributed by atoms with E-state index in [-0.39, 0.29) is 5.56 Å². The molecule has 0 saturated heterocycles. The molecule has 0 N–H and O–H groups in total. The Bertz CT molecular complexity index is 2260. The number of hydrogen-bond acceptors (Lipinski definition) is 7. The summed E-state index contributed by atoms with van der Waals surface area (Å²) in [4.78, 5) is 18.7. The molecule has 0 amide bonds. The highest BCUT2D eigenvalue weighted by molar-refractivity contribution is 7.15. The van der Waals surface area contributed by atoms with Gasteiger partial charge in [-0.3, -0.25) is 4.79 Å². The van der Waals surface area contributed by atoms with Gasteiger partial charge in [0.15, 0.2) is 5.82 Å². The van der Waals surface area contributed by atoms with Gasteiger partial charge in [-0.1, -0.05) is 72.5 Å². The Labute approximate surface area is 269 Å². The lowest BCUT2D eigenvalue weighted by Gasteiger charge is -2.10. The third kappa shape index (κ3) is 5.96. The standard InChI is InChI=1S/C37H29N5O3S/c1-3-20-44-31-17-14-27(15-18-31)35-38-37-42(40-35)36(43)33(46-37)22-29-23-41(30-12-8-5-9-13-30)39-34(29)28-16-19-32(25(2)21-28)45-24-26-10-6-4-7-11-26/h3-19,21-23H,1,20,24H2,2H3. The number of hydrogen-bond donors (Lipinski definition) is 0. The van der Waals surface area contributed by atoms with Gasteiger partial charge in [0.1, 0.15) is 30.4 Å². The van der Waals surface area contributed by atoms with Crippen molar-refractivity contribution in [2.24, 2.45) is 0 Å². The largest absolute Gasteiger partial charge is 0.490 e. The second-order valence-corrected chi connectivity index (χ2v) is 11.6. The lowest BCUT2D eigenvalue weighted by Crippen LogP contribution is -2.23. The highest BCUT2D eigenvalue weighted by atomic mass is 32.1. The van der Waals surface area contributed by atoms with E-state index in [0.717, 1.165) is 50.7 Å². The fourth-order valence-corrected chi connectivity index (χ4v) is 5.98. The summed E-state index contributed by atoms with van der Waals surface area (Å²) in [6, 6.07) is 33.5. The molecule has 46 heavy (non-hydrogen) atoms. The number of thiazole rings is 1. The van der Waals surface area contributed by atoms with Crippen LogP contribution >= 0.6 is 11.3 Å². The quantitative estimate of drug-likeness (QED) is 0.158. The molecule has 0 bridgehead atoms. The normalized spacial score (nSPS) is 11.6. The van der Waals surface area contributed by atoms with Gasteiger partial charge in [-0.25, -0.2) is 4.68 Å². The predicted octanol–water partition coefficient (Wildman–Crippen LogP) is 6.67. The van der Waals surface area contributed by atoms with Crippen LogP contribution in [0.4, 0.5) is 0 Å². The van der Waals surface area contributed by atoms with Crippen molar-refractivity contribution in [2.45, 2.75) is 13.5 Å². The van der Waals surface area contributed by atoms with E-state index >= 15 is 0 Å². The van der Waals surface area contributed by atoms with Gasteiger partial charge in [0.25, 0.3) is 5.56 Å². The molecule has 0 saturated carbocycles. The fraction of sp³-hybridized carbons (Fsp3) is 0.0811. The van der Waals surface area contributed by atoms with Gasteiger partial charge in [-0.15, -0.1) is 5.10 Å². The molecule has 0 spiro atoms. The molecular formula is C37H29N5O3S. The molecule has 0 unspecified atom stereocenters. The van der Waals surface area contributed by atoms with Gasteiger partial charge in [-0.2, -0.15) is 14.6 Å². The first-order valence-electron chi connectivity index (χ1n) is 14.7. The van der Waals surface area contributed by atoms with Gasteiger partial charge >= 0.3 is 0 Å². The Morgan fingerprint density at radius 2 is 1.61 bits per heavy atom. The molecule has 9 heteroatoms. The summed E-state index contributed by atoms with van der Waals surface area (Å²) in [6.45, 7) is 6.61. The van der Waals surface area contributed by atoms with E-state index in [1.54, 1.807) is 6.08 Å². The number of fused-ring (bicyclic) bond motifs is 1. The molecule has 0 aliphatic rings. The number of rotatable bonds is 10. The fourth-order valence-electron chi connectivity index (χ4n) is 5.08. The predicted molar refractivity (Wildman–Crippen MR) is 182 cm³/mol. The van der Waals surface area contributed by atoms with Crippen molar-refractivity contribution >= 4 is 22.4 Å². The van der Waals surface area contributed by atoms with Crippen LogP contribution in [0.15, 0.2) is 127 Å². The van der Waals surface area contributed by atoms with Gasteiger partial charge in [0.05, 0.1) is 10.2 Å². The molecule has 226 valence electrons. The third-order valence-electron chi connectivity index (χ3n) is 7.40. The maximum atomic E-state index is 13.5. The van der Waals surface area contributed by atoms with Crippen LogP contribution in [0.5, 0.6) is 11.5 Å². The molecule has 0 aliphatic heterocycles. The van der Waals surface area contributed by atoms with Gasteiger partial charge in [0, 0.05) is 22.9 Å². The topological polar surface area (TPSA) is 83.5 Å². The minimum atomic E-state index is -0.232. The molecule has 0 radical (unpaired) electrons. The Morgan fingerprint density at radius 3 is 2.33 bits per heavy atom. The monoisotopic (exact) mass is 623 g/mol. The van der Waals surface area contributed by atoms with Crippen molar-refractivity contribution in [3.05, 3.63) is 154 Å². The van der Waals surface area contributed by atoms with Crippen LogP contribution in [0, 0.1) is 6.92 Å². The zero-order valence-corrected chi connectivity index (χ0v) is 25.9. The molecule has 7 aromatic rings. The van der Waals surface area contributed by atoms with E-state index in [2.05, 4.69) is 22.7 Å². The maximum Gasteiger partial charge on any atom is 0.291 e. The number of ether oxygens (including phenoxy) is 2. The van der Waals surface area contributed by atoms with Crippen molar-refractivity contribution < 1.29 is 9.47 Å². The Hall–Kier alpha value is -5.80. The maximum absolute atomic E-state index is 13.5. The van der Waals surface area contributed by atoms with Crippen LogP contribution in [-0.4, -0.2) is 31.0 Å². The van der Waals surface area contributed by atoms with Crippen LogP contribution in [0.1, 0.15) is 16.7 Å². The summed E-state index contributed by atoms with van der Waals surface area (Å²) < 4.78 is 15.4. The van der Waals surface area contributed by atoms with Crippen LogP contribution < -0.4 is 19.6 Å². The van der Waals surface area contributed by atoms with E-state index in [9.17, 15) is 4.79 Å². The van der Waals surface area contributed by atoms with E-state index in [0.29, 0.717) is 28.5 Å². The smallest absolute Gasteiger partial charge is 0.291 e. The van der Waals surface area contributed by atoms with Crippen LogP contribution in [0.2, 0.25) is 0 Å². The second-order valence-electron chi connectivity index (χ2n) is 10.6. The van der Waals surface area contributed by atoms with Crippen molar-refractivity contribution in [3.8, 4) is 39.8 Å². The molecular weight excluding hydrogens is 595 g/mol. The summed E-state index contributed by atoms with van der Waals surface area (Å²) in [7, 11) is 0. The first-order valence-corrected chi connectivity index (χ1v) is 15.6. The number of benzene rings is 4. The first kappa shape index (κ1) is 28.9. The summed E-state index contributed by atoms with van der Waals surface area (Å²) in [5, 5.41) is 9.48. The minimum Gasteiger partial charge on any atom is -0.490 e. The lowest BCUT2D eigenvalue weighted by atomic mass is 10.0. The summed E-state index contributed by atoms with van der Waals surface area (Å²) in [6.07, 6.45) is 5.50. The number of aromatic nitrogens is 5. The minimum absolute atomic E-state index is 0.232. The van der Waals surface area contributed by atoms with E-state index in [1.165, 1.54) is 15.9 Å². The molecule has 3 heterocycles. The molecule has 4 aromatic carbocycles. The van der Waals surface area contributed by atoms with Crippen LogP contribution in [0.3, 0.4) is 0 Å². The molecule has 0 atom stereocenters. The first-order chi connectivity index (χ1) is 22.6. The zero-order valence-electron chi connectivity index (χ0n) is 25.0. The zero-order chi connectivity index (χ0) is 31.5. The van der Waals surface area contributed by atoms with Crippen molar-refractivity contribution in [2.75, 3.05) is 6.61 Å². The van der Waals surface area contributed by atoms with Crippen molar-refractivity contribution in [1.29, 1.82) is 0 Å². The molecule has 7 rings (SSSR count). The SMILES string of the molecule is C=CCOc1ccc(-c2nc3sc(=Cc4cn(-c5ccccc5)nc4-c4ccc(OCc5ccccc5)c(C)c4)c(=O)n3n2)cc1. The average Bonchev–Trinajstić information content (AvgIpc) is 3.79. The molecule has 8 nitrogen and oxygen atoms in total. The average molecular weight is 624 g/mol. The number of nitrogens with zero attached hydrogens (tertiary/aromatic N) is 5. The Kier molecular flexibility index (Phi) is 7.97. The van der Waals surface area contributed by atoms with E-state index < -0.39 is 0 Å². The Balaban J connectivity index is 1.23. The lowest BCUT2D eigenvalue weighted by molar-refractivity contribution is 0.304. The van der Waals surface area contributed by atoms with Crippen molar-refractivity contribution in [3.63, 3.8) is 0 Å². The highest BCUT2D eigenvalue weighted by Crippen LogP contribution is 2.30. The van der Waals surface area contributed by atoms with Gasteiger partial charge in [-0.05, 0) is 78.7 Å². The number of para-hydroxylation sites is 1. The molecule has 3 aromatic heterocycles. The summed E-state index contributed by atoms with van der Waals surface area (Å²) >= 11 is 1.30. The Morgan fingerprint density at radius 1 is 0.870 bits per heavy atom.